The van der Waals surface area contributed by atoms with Gasteiger partial charge in [-0.3, -0.25) is 0 Å². The Morgan fingerprint density at radius 2 is 1.86 bits per heavy atom. The minimum Gasteiger partial charge on any atom is -0.370 e. The number of rotatable bonds is 10. The molecule has 0 fully saturated rings. The van der Waals surface area contributed by atoms with Crippen molar-refractivity contribution in [2.75, 3.05) is 13.6 Å². The highest BCUT2D eigenvalue weighted by Crippen LogP contribution is 2.27. The summed E-state index contributed by atoms with van der Waals surface area (Å²) in [6.45, 7) is 7.44. The number of hydrogen-bond donors (Lipinski definition) is 1. The molecule has 0 aliphatic rings. The van der Waals surface area contributed by atoms with Gasteiger partial charge in [-0.05, 0) is 40.9 Å². The summed E-state index contributed by atoms with van der Waals surface area (Å²) in [5, 5.41) is 3.25. The second-order valence-corrected chi connectivity index (χ2v) is 8.05. The fraction of sp³-hybridized carbons (Fsp3) is 0.565. The summed E-state index contributed by atoms with van der Waals surface area (Å²) in [6, 6.07) is 8.07. The molecule has 0 saturated carbocycles. The van der Waals surface area contributed by atoms with Gasteiger partial charge in [-0.15, -0.1) is 11.3 Å². The number of carbonyl (C=O) groups excluding carboxylic acids is 1. The molecule has 1 heterocycles. The highest BCUT2D eigenvalue weighted by molar-refractivity contribution is 7.17. The minimum absolute atomic E-state index is 0.217. The van der Waals surface area contributed by atoms with Gasteiger partial charge in [0.2, 0.25) is 0 Å². The standard InChI is InChI=1S/C16H21N3OS.C7H16/c1-3-8-19(2)16(17)18-14(6-9-20)12-4-5-15-13(11-12)7-10-21-15;1-3-5-7-6-4-2/h4-5,7,9-11,14H,3,6,8H2,1-2H3,(H2,17,18);3-7H2,1-2H3. The molecule has 1 unspecified atom stereocenters. The Kier molecular flexibility index (Phi) is 12.2. The predicted octanol–water partition coefficient (Wildman–Crippen LogP) is 6.16. The molecular weight excluding hydrogens is 366 g/mol. The number of carbonyl (C=O) groups is 1. The number of benzene rings is 1. The minimum atomic E-state index is -0.217. The summed E-state index contributed by atoms with van der Waals surface area (Å²) in [5.41, 5.74) is 7.06. The van der Waals surface area contributed by atoms with Crippen LogP contribution in [0.5, 0.6) is 0 Å². The van der Waals surface area contributed by atoms with Gasteiger partial charge < -0.3 is 15.4 Å². The number of unbranched alkanes of at least 4 members (excludes halogenated alkanes) is 4. The Morgan fingerprint density at radius 3 is 2.46 bits per heavy atom. The summed E-state index contributed by atoms with van der Waals surface area (Å²) in [4.78, 5) is 17.4. The largest absolute Gasteiger partial charge is 0.370 e. The summed E-state index contributed by atoms with van der Waals surface area (Å²) < 4.78 is 1.24. The molecule has 4 nitrogen and oxygen atoms in total. The lowest BCUT2D eigenvalue weighted by Crippen LogP contribution is -2.35. The Labute approximate surface area is 174 Å². The number of nitrogens with two attached hydrogens (primary N) is 1. The quantitative estimate of drug-likeness (QED) is 0.223. The van der Waals surface area contributed by atoms with Gasteiger partial charge in [0.05, 0.1) is 6.04 Å². The van der Waals surface area contributed by atoms with Gasteiger partial charge in [0.25, 0.3) is 0 Å². The predicted molar refractivity (Wildman–Crippen MR) is 124 cm³/mol. The van der Waals surface area contributed by atoms with Gasteiger partial charge in [0.15, 0.2) is 5.96 Å². The van der Waals surface area contributed by atoms with Crippen molar-refractivity contribution in [2.45, 2.75) is 71.8 Å². The van der Waals surface area contributed by atoms with E-state index in [0.717, 1.165) is 24.8 Å². The molecule has 0 saturated heterocycles. The topological polar surface area (TPSA) is 58.7 Å². The van der Waals surface area contributed by atoms with Crippen molar-refractivity contribution in [1.82, 2.24) is 4.90 Å². The number of thiophene rings is 1. The van der Waals surface area contributed by atoms with E-state index < -0.39 is 0 Å². The van der Waals surface area contributed by atoms with Gasteiger partial charge in [-0.25, -0.2) is 4.99 Å². The fourth-order valence-corrected chi connectivity index (χ4v) is 3.70. The molecule has 2 N–H and O–H groups in total. The molecule has 0 bridgehead atoms. The van der Waals surface area contributed by atoms with Crippen LogP contribution in [-0.4, -0.2) is 30.7 Å². The summed E-state index contributed by atoms with van der Waals surface area (Å²) in [6.07, 6.45) is 9.26. The van der Waals surface area contributed by atoms with Crippen LogP contribution in [0, 0.1) is 0 Å². The van der Waals surface area contributed by atoms with Gasteiger partial charge in [0.1, 0.15) is 6.29 Å². The summed E-state index contributed by atoms with van der Waals surface area (Å²) in [7, 11) is 1.92. The third kappa shape index (κ3) is 8.42. The van der Waals surface area contributed by atoms with E-state index in [1.807, 2.05) is 18.0 Å². The summed E-state index contributed by atoms with van der Waals surface area (Å²) >= 11 is 1.71. The number of hydrogen-bond acceptors (Lipinski definition) is 3. The number of fused-ring (bicyclic) bond motifs is 1. The monoisotopic (exact) mass is 403 g/mol. The first-order chi connectivity index (χ1) is 13.6. The average molecular weight is 404 g/mol. The van der Waals surface area contributed by atoms with E-state index in [1.54, 1.807) is 11.3 Å². The molecule has 2 aromatic rings. The molecule has 156 valence electrons. The van der Waals surface area contributed by atoms with Gasteiger partial charge in [-0.1, -0.05) is 58.9 Å². The van der Waals surface area contributed by atoms with Crippen LogP contribution in [0.15, 0.2) is 34.6 Å². The zero-order chi connectivity index (χ0) is 20.8. The zero-order valence-corrected chi connectivity index (χ0v) is 18.8. The van der Waals surface area contributed by atoms with E-state index in [1.165, 1.54) is 42.2 Å². The average Bonchev–Trinajstić information content (AvgIpc) is 3.16. The molecule has 1 aromatic carbocycles. The molecule has 5 heteroatoms. The van der Waals surface area contributed by atoms with E-state index >= 15 is 0 Å². The zero-order valence-electron chi connectivity index (χ0n) is 18.0. The van der Waals surface area contributed by atoms with Crippen LogP contribution in [0.25, 0.3) is 10.1 Å². The van der Waals surface area contributed by atoms with Crippen molar-refractivity contribution in [3.8, 4) is 0 Å². The van der Waals surface area contributed by atoms with Crippen molar-refractivity contribution in [2.24, 2.45) is 10.7 Å². The molecule has 2 rings (SSSR count). The Hall–Kier alpha value is -1.88. The first-order valence-corrected chi connectivity index (χ1v) is 11.4. The van der Waals surface area contributed by atoms with E-state index in [-0.39, 0.29) is 6.04 Å². The lowest BCUT2D eigenvalue weighted by atomic mass is 10.0. The fourth-order valence-electron chi connectivity index (χ4n) is 2.93. The van der Waals surface area contributed by atoms with Crippen LogP contribution in [0.4, 0.5) is 0 Å². The first-order valence-electron chi connectivity index (χ1n) is 10.5. The Balaban J connectivity index is 0.000000480. The maximum absolute atomic E-state index is 11.0. The highest BCUT2D eigenvalue weighted by atomic mass is 32.1. The lowest BCUT2D eigenvalue weighted by molar-refractivity contribution is -0.108. The molecule has 0 spiro atoms. The molecule has 0 aliphatic carbocycles. The molecule has 0 amide bonds. The SMILES string of the molecule is CCCCCCC.CCCN(C)C(N)=NC(CC=O)c1ccc2sccc2c1. The number of guanidine groups is 1. The van der Waals surface area contributed by atoms with Crippen molar-refractivity contribution in [3.05, 3.63) is 35.2 Å². The maximum atomic E-state index is 11.0. The second kappa shape index (κ2) is 14.2. The van der Waals surface area contributed by atoms with Crippen LogP contribution in [-0.2, 0) is 4.79 Å². The Bertz CT molecular complexity index is 707. The van der Waals surface area contributed by atoms with Gasteiger partial charge in [0, 0.05) is 24.7 Å². The van der Waals surface area contributed by atoms with Crippen LogP contribution >= 0.6 is 11.3 Å². The van der Waals surface area contributed by atoms with Crippen LogP contribution in [0.3, 0.4) is 0 Å². The molecular formula is C23H37N3OS. The van der Waals surface area contributed by atoms with E-state index in [9.17, 15) is 4.79 Å². The normalized spacial score (nSPS) is 12.4. The molecule has 1 atom stereocenters. The summed E-state index contributed by atoms with van der Waals surface area (Å²) in [5.74, 6) is 0.481. The van der Waals surface area contributed by atoms with Crippen molar-refractivity contribution in [1.29, 1.82) is 0 Å². The van der Waals surface area contributed by atoms with Crippen LogP contribution < -0.4 is 5.73 Å². The van der Waals surface area contributed by atoms with E-state index in [0.29, 0.717) is 12.4 Å². The lowest BCUT2D eigenvalue weighted by Gasteiger charge is -2.19. The van der Waals surface area contributed by atoms with Crippen molar-refractivity contribution >= 4 is 33.7 Å². The Morgan fingerprint density at radius 1 is 1.14 bits per heavy atom. The van der Waals surface area contributed by atoms with Crippen LogP contribution in [0.2, 0.25) is 0 Å². The number of nitrogens with zero attached hydrogens (tertiary/aromatic N) is 2. The van der Waals surface area contributed by atoms with Crippen LogP contribution in [0.1, 0.15) is 77.3 Å². The smallest absolute Gasteiger partial charge is 0.191 e. The third-order valence-electron chi connectivity index (χ3n) is 4.63. The third-order valence-corrected chi connectivity index (χ3v) is 5.52. The van der Waals surface area contributed by atoms with Gasteiger partial charge in [-0.2, -0.15) is 0 Å². The van der Waals surface area contributed by atoms with E-state index in [4.69, 9.17) is 5.73 Å². The van der Waals surface area contributed by atoms with Crippen molar-refractivity contribution in [3.63, 3.8) is 0 Å². The van der Waals surface area contributed by atoms with E-state index in [2.05, 4.69) is 49.3 Å². The second-order valence-electron chi connectivity index (χ2n) is 7.11. The number of aldehydes is 1. The molecule has 0 radical (unpaired) electrons. The molecule has 1 aromatic heterocycles. The number of aliphatic imine (C=N–C) groups is 1. The molecule has 28 heavy (non-hydrogen) atoms. The van der Waals surface area contributed by atoms with Crippen molar-refractivity contribution < 1.29 is 4.79 Å². The van der Waals surface area contributed by atoms with Gasteiger partial charge >= 0.3 is 0 Å². The first kappa shape index (κ1) is 24.2. The highest BCUT2D eigenvalue weighted by Gasteiger charge is 2.13. The molecule has 0 aliphatic heterocycles. The maximum Gasteiger partial charge on any atom is 0.191 e.